The van der Waals surface area contributed by atoms with Crippen molar-refractivity contribution in [3.05, 3.63) is 0 Å². The third-order valence-corrected chi connectivity index (χ3v) is 4.49. The van der Waals surface area contributed by atoms with Gasteiger partial charge in [0.25, 0.3) is 0 Å². The zero-order valence-electron chi connectivity index (χ0n) is 10.6. The molecular weight excluding hydrogens is 350 g/mol. The van der Waals surface area contributed by atoms with E-state index in [9.17, 15) is 4.57 Å². The maximum absolute atomic E-state index is 10.6. The summed E-state index contributed by atoms with van der Waals surface area (Å²) in [5.41, 5.74) is 0. The van der Waals surface area contributed by atoms with E-state index in [1.54, 1.807) is 0 Å². The van der Waals surface area contributed by atoms with Gasteiger partial charge in [-0.2, -0.15) is 0 Å². The molecule has 0 rings (SSSR count). The van der Waals surface area contributed by atoms with Gasteiger partial charge in [0.2, 0.25) is 0 Å². The molecule has 0 aliphatic carbocycles. The summed E-state index contributed by atoms with van der Waals surface area (Å²) in [7, 11) is -3.74. The maximum atomic E-state index is 10.6. The SMILES string of the molecule is O=P(O)(O)CCCCCCCCCCCCI. The molecule has 0 saturated carbocycles. The van der Waals surface area contributed by atoms with E-state index in [1.165, 1.54) is 49.4 Å². The minimum absolute atomic E-state index is 0.0588. The highest BCUT2D eigenvalue weighted by molar-refractivity contribution is 14.1. The first-order valence-corrected chi connectivity index (χ1v) is 9.99. The van der Waals surface area contributed by atoms with E-state index in [-0.39, 0.29) is 6.16 Å². The molecule has 0 radical (unpaired) electrons. The minimum atomic E-state index is -3.74. The van der Waals surface area contributed by atoms with Gasteiger partial charge < -0.3 is 9.79 Å². The third-order valence-electron chi connectivity index (χ3n) is 2.83. The predicted octanol–water partition coefficient (Wildman–Crippen LogP) is 4.50. The molecule has 0 aromatic rings. The Balaban J connectivity index is 3.01. The molecule has 104 valence electrons. The molecule has 3 nitrogen and oxygen atoms in total. The van der Waals surface area contributed by atoms with Crippen molar-refractivity contribution in [2.45, 2.75) is 64.2 Å². The third kappa shape index (κ3) is 16.9. The lowest BCUT2D eigenvalue weighted by Crippen LogP contribution is -1.88. The van der Waals surface area contributed by atoms with Crippen molar-refractivity contribution in [2.75, 3.05) is 10.6 Å². The molecule has 0 unspecified atom stereocenters. The van der Waals surface area contributed by atoms with Crippen LogP contribution in [-0.2, 0) is 4.57 Å². The van der Waals surface area contributed by atoms with E-state index < -0.39 is 7.60 Å². The van der Waals surface area contributed by atoms with E-state index in [0.717, 1.165) is 12.8 Å². The first-order valence-electron chi connectivity index (χ1n) is 6.67. The predicted molar refractivity (Wildman–Crippen MR) is 82.0 cm³/mol. The van der Waals surface area contributed by atoms with Crippen LogP contribution in [0.4, 0.5) is 0 Å². The zero-order valence-corrected chi connectivity index (χ0v) is 13.7. The first kappa shape index (κ1) is 17.9. The standard InChI is InChI=1S/C12H26IO3P/c13-11-9-7-5-3-1-2-4-6-8-10-12-17(14,15)16/h1-12H2,(H2,14,15,16). The first-order chi connectivity index (χ1) is 8.06. The van der Waals surface area contributed by atoms with Crippen LogP contribution in [0.2, 0.25) is 0 Å². The van der Waals surface area contributed by atoms with Gasteiger partial charge in [0.1, 0.15) is 0 Å². The van der Waals surface area contributed by atoms with Crippen molar-refractivity contribution in [1.82, 2.24) is 0 Å². The van der Waals surface area contributed by atoms with Crippen molar-refractivity contribution in [3.63, 3.8) is 0 Å². The molecule has 2 N–H and O–H groups in total. The average Bonchev–Trinajstić information content (AvgIpc) is 2.24. The summed E-state index contributed by atoms with van der Waals surface area (Å²) < 4.78 is 11.9. The van der Waals surface area contributed by atoms with Crippen molar-refractivity contribution in [3.8, 4) is 0 Å². The summed E-state index contributed by atoms with van der Waals surface area (Å²) in [6, 6.07) is 0. The summed E-state index contributed by atoms with van der Waals surface area (Å²) in [6.45, 7) is 0. The van der Waals surface area contributed by atoms with Crippen LogP contribution in [0.3, 0.4) is 0 Å². The van der Waals surface area contributed by atoms with E-state index in [4.69, 9.17) is 9.79 Å². The molecule has 0 aliphatic heterocycles. The number of hydrogen-bond donors (Lipinski definition) is 2. The lowest BCUT2D eigenvalue weighted by molar-refractivity contribution is 0.370. The highest BCUT2D eigenvalue weighted by Gasteiger charge is 2.10. The number of rotatable bonds is 12. The van der Waals surface area contributed by atoms with Crippen molar-refractivity contribution < 1.29 is 14.4 Å². The van der Waals surface area contributed by atoms with Crippen LogP contribution in [0.25, 0.3) is 0 Å². The van der Waals surface area contributed by atoms with Gasteiger partial charge in [0.05, 0.1) is 0 Å². The topological polar surface area (TPSA) is 57.5 Å². The molecule has 0 fully saturated rings. The van der Waals surface area contributed by atoms with Gasteiger partial charge in [-0.05, 0) is 17.3 Å². The monoisotopic (exact) mass is 376 g/mol. The Bertz CT molecular complexity index is 206. The maximum Gasteiger partial charge on any atom is 0.325 e. The fraction of sp³-hybridized carbons (Fsp3) is 1.00. The molecule has 0 heterocycles. The Hall–Kier alpha value is 0.880. The smallest absolute Gasteiger partial charge is 0.324 e. The zero-order chi connectivity index (χ0) is 13.0. The molecule has 5 heteroatoms. The van der Waals surface area contributed by atoms with Gasteiger partial charge in [-0.3, -0.25) is 4.57 Å². The van der Waals surface area contributed by atoms with E-state index in [1.807, 2.05) is 0 Å². The molecule has 0 spiro atoms. The van der Waals surface area contributed by atoms with Gasteiger partial charge in [-0.1, -0.05) is 74.0 Å². The van der Waals surface area contributed by atoms with Gasteiger partial charge in [-0.15, -0.1) is 0 Å². The average molecular weight is 376 g/mol. The fourth-order valence-corrected chi connectivity index (χ4v) is 3.00. The van der Waals surface area contributed by atoms with Gasteiger partial charge in [0, 0.05) is 6.16 Å². The van der Waals surface area contributed by atoms with E-state index >= 15 is 0 Å². The highest BCUT2D eigenvalue weighted by atomic mass is 127. The molecule has 0 bridgehead atoms. The van der Waals surface area contributed by atoms with Crippen molar-refractivity contribution in [2.24, 2.45) is 0 Å². The number of unbranched alkanes of at least 4 members (excludes halogenated alkanes) is 9. The largest absolute Gasteiger partial charge is 0.325 e. The Labute approximate surface area is 119 Å². The second kappa shape index (κ2) is 11.9. The quantitative estimate of drug-likeness (QED) is 0.228. The Morgan fingerprint density at radius 1 is 0.706 bits per heavy atom. The molecule has 0 aliphatic rings. The van der Waals surface area contributed by atoms with Crippen molar-refractivity contribution in [1.29, 1.82) is 0 Å². The molecule has 0 saturated heterocycles. The minimum Gasteiger partial charge on any atom is -0.324 e. The Morgan fingerprint density at radius 3 is 1.41 bits per heavy atom. The van der Waals surface area contributed by atoms with E-state index in [2.05, 4.69) is 22.6 Å². The summed E-state index contributed by atoms with van der Waals surface area (Å²) in [5, 5.41) is 0. The van der Waals surface area contributed by atoms with Gasteiger partial charge in [0.15, 0.2) is 0 Å². The van der Waals surface area contributed by atoms with Gasteiger partial charge in [-0.25, -0.2) is 0 Å². The number of alkyl halides is 1. The Kier molecular flexibility index (Phi) is 12.6. The van der Waals surface area contributed by atoms with Crippen LogP contribution in [0.1, 0.15) is 64.2 Å². The Morgan fingerprint density at radius 2 is 1.06 bits per heavy atom. The summed E-state index contributed by atoms with van der Waals surface area (Å²) in [4.78, 5) is 17.3. The lowest BCUT2D eigenvalue weighted by atomic mass is 10.1. The van der Waals surface area contributed by atoms with Crippen LogP contribution >= 0.6 is 30.2 Å². The van der Waals surface area contributed by atoms with Crippen LogP contribution in [0, 0.1) is 0 Å². The second-order valence-corrected chi connectivity index (χ2v) is 7.47. The second-order valence-electron chi connectivity index (χ2n) is 4.61. The molecular formula is C12H26IO3P. The summed E-state index contributed by atoms with van der Waals surface area (Å²) >= 11 is 2.42. The molecule has 0 amide bonds. The normalized spacial score (nSPS) is 11.9. The molecule has 0 aromatic carbocycles. The van der Waals surface area contributed by atoms with Crippen LogP contribution in [0.15, 0.2) is 0 Å². The van der Waals surface area contributed by atoms with Crippen LogP contribution < -0.4 is 0 Å². The number of halogens is 1. The summed E-state index contributed by atoms with van der Waals surface area (Å²) in [5.74, 6) is 0. The van der Waals surface area contributed by atoms with Crippen molar-refractivity contribution >= 4 is 30.2 Å². The van der Waals surface area contributed by atoms with Crippen LogP contribution in [0.5, 0.6) is 0 Å². The molecule has 0 aromatic heterocycles. The molecule has 0 atom stereocenters. The van der Waals surface area contributed by atoms with E-state index in [0.29, 0.717) is 6.42 Å². The lowest BCUT2D eigenvalue weighted by Gasteiger charge is -2.04. The fourth-order valence-electron chi connectivity index (χ4n) is 1.83. The van der Waals surface area contributed by atoms with Crippen LogP contribution in [-0.4, -0.2) is 20.4 Å². The molecule has 17 heavy (non-hydrogen) atoms. The number of hydrogen-bond acceptors (Lipinski definition) is 1. The van der Waals surface area contributed by atoms with Gasteiger partial charge >= 0.3 is 7.60 Å². The summed E-state index contributed by atoms with van der Waals surface area (Å²) in [6.07, 6.45) is 12.0. The highest BCUT2D eigenvalue weighted by Crippen LogP contribution is 2.35.